The summed E-state index contributed by atoms with van der Waals surface area (Å²) in [7, 11) is 1.63. The third-order valence-corrected chi connectivity index (χ3v) is 3.96. The second-order valence-electron chi connectivity index (χ2n) is 4.18. The number of para-hydroxylation sites is 1. The monoisotopic (exact) mass is 355 g/mol. The van der Waals surface area contributed by atoms with Crippen molar-refractivity contribution in [3.63, 3.8) is 0 Å². The summed E-state index contributed by atoms with van der Waals surface area (Å²) >= 11 is 9.65. The lowest BCUT2D eigenvalue weighted by molar-refractivity contribution is 0.301. The van der Waals surface area contributed by atoms with Gasteiger partial charge in [0.25, 0.3) is 0 Å². The van der Waals surface area contributed by atoms with E-state index in [4.69, 9.17) is 26.8 Å². The van der Waals surface area contributed by atoms with Crippen molar-refractivity contribution >= 4 is 27.5 Å². The fourth-order valence-electron chi connectivity index (χ4n) is 1.81. The predicted molar refractivity (Wildman–Crippen MR) is 84.4 cm³/mol. The highest BCUT2D eigenvalue weighted by Crippen LogP contribution is 2.30. The fourth-order valence-corrected chi connectivity index (χ4v) is 2.42. The molecule has 2 rings (SSSR count). The van der Waals surface area contributed by atoms with Gasteiger partial charge in [-0.2, -0.15) is 0 Å². The third-order valence-electron chi connectivity index (χ3n) is 2.89. The van der Waals surface area contributed by atoms with E-state index in [1.807, 2.05) is 30.3 Å². The van der Waals surface area contributed by atoms with E-state index in [1.54, 1.807) is 13.2 Å². The lowest BCUT2D eigenvalue weighted by atomic mass is 10.2. The molecule has 0 radical (unpaired) electrons. The van der Waals surface area contributed by atoms with Crippen LogP contribution in [-0.2, 0) is 13.2 Å². The number of benzene rings is 2. The van der Waals surface area contributed by atoms with Gasteiger partial charge in [0, 0.05) is 22.1 Å². The van der Waals surface area contributed by atoms with E-state index in [1.165, 1.54) is 0 Å². The van der Waals surface area contributed by atoms with Gasteiger partial charge >= 0.3 is 0 Å². The minimum absolute atomic E-state index is 0.383. The average Bonchev–Trinajstić information content (AvgIpc) is 2.47. The maximum atomic E-state index is 6.16. The zero-order chi connectivity index (χ0) is 14.5. The molecule has 3 nitrogen and oxygen atoms in total. The minimum atomic E-state index is 0.383. The molecule has 0 spiro atoms. The number of halogens is 2. The summed E-state index contributed by atoms with van der Waals surface area (Å²) in [6, 6.07) is 11.3. The summed E-state index contributed by atoms with van der Waals surface area (Å²) in [6.45, 7) is 0.768. The predicted octanol–water partition coefficient (Wildman–Crippen LogP) is 4.15. The molecular formula is C15H15BrClNO2. The molecule has 20 heavy (non-hydrogen) atoms. The molecule has 0 saturated heterocycles. The molecule has 0 aromatic heterocycles. The molecule has 0 saturated carbocycles. The number of ether oxygens (including phenoxy) is 2. The molecule has 0 fully saturated rings. The Morgan fingerprint density at radius 3 is 2.70 bits per heavy atom. The zero-order valence-corrected chi connectivity index (χ0v) is 13.4. The minimum Gasteiger partial charge on any atom is -0.497 e. The summed E-state index contributed by atoms with van der Waals surface area (Å²) in [5.74, 6) is 1.41. The van der Waals surface area contributed by atoms with Crippen LogP contribution in [0.5, 0.6) is 11.5 Å². The first kappa shape index (κ1) is 15.2. The first-order valence-electron chi connectivity index (χ1n) is 6.08. The van der Waals surface area contributed by atoms with Gasteiger partial charge in [0.1, 0.15) is 18.1 Å². The molecule has 5 heteroatoms. The molecule has 0 unspecified atom stereocenters. The van der Waals surface area contributed by atoms with Gasteiger partial charge < -0.3 is 15.2 Å². The zero-order valence-electron chi connectivity index (χ0n) is 11.0. The van der Waals surface area contributed by atoms with Gasteiger partial charge in [0.15, 0.2) is 0 Å². The van der Waals surface area contributed by atoms with Crippen LogP contribution in [0.15, 0.2) is 40.9 Å². The van der Waals surface area contributed by atoms with E-state index in [0.717, 1.165) is 21.3 Å². The van der Waals surface area contributed by atoms with Crippen LogP contribution in [0.2, 0.25) is 5.02 Å². The van der Waals surface area contributed by atoms with Crippen molar-refractivity contribution in [3.8, 4) is 11.5 Å². The quantitative estimate of drug-likeness (QED) is 0.875. The molecule has 0 amide bonds. The van der Waals surface area contributed by atoms with Gasteiger partial charge in [-0.3, -0.25) is 0 Å². The van der Waals surface area contributed by atoms with Crippen molar-refractivity contribution in [2.45, 2.75) is 13.2 Å². The molecule has 2 aromatic rings. The van der Waals surface area contributed by atoms with Crippen LogP contribution in [0.25, 0.3) is 0 Å². The summed E-state index contributed by atoms with van der Waals surface area (Å²) in [4.78, 5) is 0. The van der Waals surface area contributed by atoms with Crippen molar-refractivity contribution in [2.24, 2.45) is 5.73 Å². The molecule has 0 bridgehead atoms. The molecule has 0 aliphatic rings. The van der Waals surface area contributed by atoms with Crippen LogP contribution >= 0.6 is 27.5 Å². The maximum absolute atomic E-state index is 6.16. The second kappa shape index (κ2) is 6.97. The number of methoxy groups -OCH3 is 1. The van der Waals surface area contributed by atoms with Crippen molar-refractivity contribution in [2.75, 3.05) is 7.11 Å². The van der Waals surface area contributed by atoms with E-state index >= 15 is 0 Å². The average molecular weight is 357 g/mol. The first-order valence-corrected chi connectivity index (χ1v) is 7.25. The topological polar surface area (TPSA) is 44.5 Å². The molecular weight excluding hydrogens is 342 g/mol. The Balaban J connectivity index is 2.21. The Hall–Kier alpha value is -1.23. The first-order chi connectivity index (χ1) is 9.65. The van der Waals surface area contributed by atoms with Crippen LogP contribution in [0.1, 0.15) is 11.1 Å². The standard InChI is InChI=1S/C15H15BrClNO2/c1-19-12-5-6-13(16)11(7-12)9-20-15-10(8-18)3-2-4-14(15)17/h2-7H,8-9,18H2,1H3. The van der Waals surface area contributed by atoms with Crippen LogP contribution in [0.4, 0.5) is 0 Å². The highest BCUT2D eigenvalue weighted by Gasteiger charge is 2.09. The van der Waals surface area contributed by atoms with E-state index in [2.05, 4.69) is 15.9 Å². The van der Waals surface area contributed by atoms with Crippen LogP contribution < -0.4 is 15.2 Å². The lowest BCUT2D eigenvalue weighted by Gasteiger charge is -2.13. The van der Waals surface area contributed by atoms with Crippen molar-refractivity contribution < 1.29 is 9.47 Å². The van der Waals surface area contributed by atoms with Crippen molar-refractivity contribution in [1.82, 2.24) is 0 Å². The number of rotatable bonds is 5. The van der Waals surface area contributed by atoms with Gasteiger partial charge in [-0.15, -0.1) is 0 Å². The maximum Gasteiger partial charge on any atom is 0.142 e. The van der Waals surface area contributed by atoms with Gasteiger partial charge in [0.05, 0.1) is 12.1 Å². The Bertz CT molecular complexity index is 604. The highest BCUT2D eigenvalue weighted by molar-refractivity contribution is 9.10. The number of hydrogen-bond acceptors (Lipinski definition) is 3. The summed E-state index contributed by atoms with van der Waals surface area (Å²) < 4.78 is 12.0. The summed E-state index contributed by atoms with van der Waals surface area (Å²) in [5, 5.41) is 0.562. The van der Waals surface area contributed by atoms with Crippen molar-refractivity contribution in [1.29, 1.82) is 0 Å². The van der Waals surface area contributed by atoms with E-state index in [9.17, 15) is 0 Å². The highest BCUT2D eigenvalue weighted by atomic mass is 79.9. The molecule has 2 N–H and O–H groups in total. The van der Waals surface area contributed by atoms with Gasteiger partial charge in [-0.25, -0.2) is 0 Å². The van der Waals surface area contributed by atoms with Gasteiger partial charge in [0.2, 0.25) is 0 Å². The molecule has 0 aliphatic carbocycles. The largest absolute Gasteiger partial charge is 0.497 e. The van der Waals surface area contributed by atoms with Crippen LogP contribution in [0, 0.1) is 0 Å². The second-order valence-corrected chi connectivity index (χ2v) is 5.44. The summed E-state index contributed by atoms with van der Waals surface area (Å²) in [5.41, 5.74) is 7.56. The van der Waals surface area contributed by atoms with E-state index in [-0.39, 0.29) is 0 Å². The van der Waals surface area contributed by atoms with Gasteiger partial charge in [-0.05, 0) is 24.3 Å². The Morgan fingerprint density at radius 2 is 2.00 bits per heavy atom. The van der Waals surface area contributed by atoms with E-state index in [0.29, 0.717) is 23.9 Å². The van der Waals surface area contributed by atoms with E-state index < -0.39 is 0 Å². The summed E-state index contributed by atoms with van der Waals surface area (Å²) in [6.07, 6.45) is 0. The Morgan fingerprint density at radius 1 is 1.20 bits per heavy atom. The van der Waals surface area contributed by atoms with Gasteiger partial charge in [-0.1, -0.05) is 39.7 Å². The Labute approximate surface area is 131 Å². The molecule has 0 aliphatic heterocycles. The smallest absolute Gasteiger partial charge is 0.142 e. The van der Waals surface area contributed by atoms with Crippen LogP contribution in [0.3, 0.4) is 0 Å². The number of hydrogen-bond donors (Lipinski definition) is 1. The molecule has 0 atom stereocenters. The Kier molecular flexibility index (Phi) is 5.29. The number of nitrogens with two attached hydrogens (primary N) is 1. The molecule has 2 aromatic carbocycles. The lowest BCUT2D eigenvalue weighted by Crippen LogP contribution is -2.04. The third kappa shape index (κ3) is 3.45. The normalized spacial score (nSPS) is 10.4. The molecule has 106 valence electrons. The van der Waals surface area contributed by atoms with Crippen molar-refractivity contribution in [3.05, 3.63) is 57.0 Å². The van der Waals surface area contributed by atoms with Crippen LogP contribution in [-0.4, -0.2) is 7.11 Å². The molecule has 0 heterocycles. The SMILES string of the molecule is COc1ccc(Br)c(COc2c(Cl)cccc2CN)c1. The fraction of sp³-hybridized carbons (Fsp3) is 0.200.